The lowest BCUT2D eigenvalue weighted by atomic mass is 10.4. The van der Waals surface area contributed by atoms with Gasteiger partial charge in [0.25, 0.3) is 0 Å². The largest absolute Gasteiger partial charge is 0.456 e. The summed E-state index contributed by atoms with van der Waals surface area (Å²) in [5, 5.41) is 0. The Kier molecular flexibility index (Phi) is 4.31. The molecule has 0 unspecified atom stereocenters. The Morgan fingerprint density at radius 2 is 2.08 bits per heavy atom. The van der Waals surface area contributed by atoms with Crippen molar-refractivity contribution in [2.45, 2.75) is 4.90 Å². The molecular weight excluding hydrogens is 172 g/mol. The van der Waals surface area contributed by atoms with E-state index in [0.29, 0.717) is 6.61 Å². The van der Waals surface area contributed by atoms with E-state index in [0.717, 1.165) is 5.75 Å². The standard InChI is InChI=1S/C9H9O2S/c10-8-11-6-7-12-9-4-2-1-3-5-9/h1-5H,6-7H2. The van der Waals surface area contributed by atoms with E-state index in [1.165, 1.54) is 11.4 Å². The van der Waals surface area contributed by atoms with Gasteiger partial charge in [-0.1, -0.05) is 18.2 Å². The summed E-state index contributed by atoms with van der Waals surface area (Å²) in [7, 11) is 0. The third-order valence-corrected chi connectivity index (χ3v) is 2.23. The number of ether oxygens (including phenoxy) is 1. The van der Waals surface area contributed by atoms with Crippen molar-refractivity contribution in [1.82, 2.24) is 0 Å². The van der Waals surface area contributed by atoms with Crippen molar-refractivity contribution in [3.8, 4) is 0 Å². The molecule has 0 N–H and O–H groups in total. The molecule has 2 nitrogen and oxygen atoms in total. The third-order valence-electron chi connectivity index (χ3n) is 1.26. The van der Waals surface area contributed by atoms with Crippen LogP contribution in [0.4, 0.5) is 0 Å². The lowest BCUT2D eigenvalue weighted by Gasteiger charge is -1.98. The molecule has 0 saturated heterocycles. The minimum absolute atomic E-state index is 0.420. The predicted molar refractivity (Wildman–Crippen MR) is 48.8 cm³/mol. The highest BCUT2D eigenvalue weighted by Gasteiger charge is 1.91. The van der Waals surface area contributed by atoms with Crippen molar-refractivity contribution in [3.05, 3.63) is 30.3 Å². The number of thioether (sulfide) groups is 1. The van der Waals surface area contributed by atoms with Crippen LogP contribution in [0, 0.1) is 0 Å². The molecule has 0 spiro atoms. The van der Waals surface area contributed by atoms with Gasteiger partial charge in [-0.25, -0.2) is 4.79 Å². The summed E-state index contributed by atoms with van der Waals surface area (Å²) < 4.78 is 4.43. The van der Waals surface area contributed by atoms with Crippen molar-refractivity contribution in [1.29, 1.82) is 0 Å². The Morgan fingerprint density at radius 3 is 2.75 bits per heavy atom. The van der Waals surface area contributed by atoms with Crippen molar-refractivity contribution in [2.75, 3.05) is 12.4 Å². The first-order valence-corrected chi connectivity index (χ1v) is 4.59. The van der Waals surface area contributed by atoms with Crippen molar-refractivity contribution < 1.29 is 9.53 Å². The Bertz CT molecular complexity index is 223. The zero-order valence-electron chi connectivity index (χ0n) is 6.53. The fourth-order valence-corrected chi connectivity index (χ4v) is 1.51. The first kappa shape index (κ1) is 9.13. The van der Waals surface area contributed by atoms with Crippen LogP contribution in [0.25, 0.3) is 0 Å². The molecule has 63 valence electrons. The summed E-state index contributed by atoms with van der Waals surface area (Å²) in [5.41, 5.74) is 0. The zero-order valence-corrected chi connectivity index (χ0v) is 7.34. The highest BCUT2D eigenvalue weighted by atomic mass is 32.2. The van der Waals surface area contributed by atoms with Gasteiger partial charge < -0.3 is 4.74 Å². The third kappa shape index (κ3) is 3.44. The van der Waals surface area contributed by atoms with E-state index in [4.69, 9.17) is 0 Å². The molecule has 1 aromatic rings. The van der Waals surface area contributed by atoms with Crippen LogP contribution in [0.15, 0.2) is 35.2 Å². The van der Waals surface area contributed by atoms with Gasteiger partial charge in [0, 0.05) is 10.6 Å². The molecule has 0 aliphatic rings. The van der Waals surface area contributed by atoms with Crippen molar-refractivity contribution in [3.63, 3.8) is 0 Å². The second-order valence-corrected chi connectivity index (χ2v) is 3.26. The molecule has 12 heavy (non-hydrogen) atoms. The summed E-state index contributed by atoms with van der Waals surface area (Å²) in [5.74, 6) is 0.777. The number of hydrogen-bond acceptors (Lipinski definition) is 3. The van der Waals surface area contributed by atoms with Gasteiger partial charge in [0.1, 0.15) is 6.61 Å². The van der Waals surface area contributed by atoms with Gasteiger partial charge in [-0.15, -0.1) is 11.8 Å². The maximum Gasteiger partial charge on any atom is 0.417 e. The average Bonchev–Trinajstić information content (AvgIpc) is 2.14. The molecule has 0 bridgehead atoms. The highest BCUT2D eigenvalue weighted by Crippen LogP contribution is 2.15. The molecule has 0 amide bonds. The molecule has 0 aliphatic carbocycles. The van der Waals surface area contributed by atoms with E-state index >= 15 is 0 Å². The van der Waals surface area contributed by atoms with Gasteiger partial charge in [-0.2, -0.15) is 0 Å². The van der Waals surface area contributed by atoms with Crippen LogP contribution in [0.5, 0.6) is 0 Å². The molecule has 3 heteroatoms. The minimum atomic E-state index is 0.420. The lowest BCUT2D eigenvalue weighted by Crippen LogP contribution is -1.93. The zero-order chi connectivity index (χ0) is 8.65. The van der Waals surface area contributed by atoms with E-state index in [1.807, 2.05) is 30.3 Å². The van der Waals surface area contributed by atoms with Gasteiger partial charge >= 0.3 is 6.47 Å². The normalized spacial score (nSPS) is 9.33. The Labute approximate surface area is 75.9 Å². The topological polar surface area (TPSA) is 26.3 Å². The Balaban J connectivity index is 2.20. The summed E-state index contributed by atoms with van der Waals surface area (Å²) in [4.78, 5) is 10.8. The molecule has 0 fully saturated rings. The summed E-state index contributed by atoms with van der Waals surface area (Å²) in [6.45, 7) is 1.81. The molecule has 0 saturated carbocycles. The molecule has 0 heterocycles. The van der Waals surface area contributed by atoms with Crippen LogP contribution in [0.3, 0.4) is 0 Å². The SMILES string of the molecule is O=[C]OCCSc1ccccc1. The van der Waals surface area contributed by atoms with Crippen LogP contribution in [0.2, 0.25) is 0 Å². The van der Waals surface area contributed by atoms with Crippen molar-refractivity contribution in [2.24, 2.45) is 0 Å². The molecule has 1 radical (unpaired) electrons. The number of carbonyl (C=O) groups excluding carboxylic acids is 1. The second kappa shape index (κ2) is 5.66. The Morgan fingerprint density at radius 1 is 1.33 bits per heavy atom. The minimum Gasteiger partial charge on any atom is -0.456 e. The van der Waals surface area contributed by atoms with Gasteiger partial charge in [-0.05, 0) is 12.1 Å². The van der Waals surface area contributed by atoms with Gasteiger partial charge in [0.05, 0.1) is 0 Å². The van der Waals surface area contributed by atoms with E-state index in [9.17, 15) is 4.79 Å². The van der Waals surface area contributed by atoms with Crippen LogP contribution in [-0.4, -0.2) is 18.8 Å². The summed E-state index contributed by atoms with van der Waals surface area (Å²) >= 11 is 1.66. The van der Waals surface area contributed by atoms with Gasteiger partial charge in [0.2, 0.25) is 0 Å². The fourth-order valence-electron chi connectivity index (χ4n) is 0.760. The first-order valence-electron chi connectivity index (χ1n) is 3.60. The summed E-state index contributed by atoms with van der Waals surface area (Å²) in [6.07, 6.45) is 0. The maximum atomic E-state index is 9.66. The molecule has 0 aromatic heterocycles. The smallest absolute Gasteiger partial charge is 0.417 e. The molecule has 1 rings (SSSR count). The number of benzene rings is 1. The van der Waals surface area contributed by atoms with E-state index in [-0.39, 0.29) is 0 Å². The van der Waals surface area contributed by atoms with E-state index in [2.05, 4.69) is 4.74 Å². The maximum absolute atomic E-state index is 9.66. The van der Waals surface area contributed by atoms with E-state index in [1.54, 1.807) is 11.8 Å². The summed E-state index contributed by atoms with van der Waals surface area (Å²) in [6, 6.07) is 9.98. The van der Waals surface area contributed by atoms with Crippen LogP contribution in [-0.2, 0) is 9.53 Å². The van der Waals surface area contributed by atoms with Crippen LogP contribution in [0.1, 0.15) is 0 Å². The quantitative estimate of drug-likeness (QED) is 0.512. The molecular formula is C9H9O2S. The molecule has 0 aliphatic heterocycles. The number of hydrogen-bond donors (Lipinski definition) is 0. The van der Waals surface area contributed by atoms with Crippen molar-refractivity contribution >= 4 is 18.2 Å². The van der Waals surface area contributed by atoms with Gasteiger partial charge in [0.15, 0.2) is 0 Å². The first-order chi connectivity index (χ1) is 5.93. The van der Waals surface area contributed by atoms with Gasteiger partial charge in [-0.3, -0.25) is 0 Å². The Hall–Kier alpha value is -0.960. The van der Waals surface area contributed by atoms with E-state index < -0.39 is 0 Å². The van der Waals surface area contributed by atoms with Crippen LogP contribution < -0.4 is 0 Å². The molecule has 0 atom stereocenters. The monoisotopic (exact) mass is 181 g/mol. The molecule has 1 aromatic carbocycles. The highest BCUT2D eigenvalue weighted by molar-refractivity contribution is 7.99. The number of rotatable bonds is 5. The van der Waals surface area contributed by atoms with Crippen LogP contribution >= 0.6 is 11.8 Å². The lowest BCUT2D eigenvalue weighted by molar-refractivity contribution is 0.299. The predicted octanol–water partition coefficient (Wildman–Crippen LogP) is 1.86. The average molecular weight is 181 g/mol. The fraction of sp³-hybridized carbons (Fsp3) is 0.222. The second-order valence-electron chi connectivity index (χ2n) is 2.09.